The van der Waals surface area contributed by atoms with Gasteiger partial charge in [0.25, 0.3) is 5.92 Å². The van der Waals surface area contributed by atoms with E-state index in [0.717, 1.165) is 32.1 Å². The van der Waals surface area contributed by atoms with Crippen LogP contribution < -0.4 is 5.73 Å². The monoisotopic (exact) mass is 575 g/mol. The normalized spacial score (nSPS) is 31.4. The molecular weight excluding hydrogens is 536 g/mol. The Morgan fingerprint density at radius 3 is 2.52 bits per heavy atom. The predicted molar refractivity (Wildman–Crippen MR) is 156 cm³/mol. The molecule has 2 aromatic carbocycles. The van der Waals surface area contributed by atoms with Crippen LogP contribution in [0.2, 0.25) is 0 Å². The van der Waals surface area contributed by atoms with Crippen LogP contribution in [0.3, 0.4) is 0 Å². The van der Waals surface area contributed by atoms with Gasteiger partial charge in [0.2, 0.25) is 5.91 Å². The lowest BCUT2D eigenvalue weighted by Gasteiger charge is -2.39. The molecule has 4 atom stereocenters. The molecule has 3 aliphatic heterocycles. The summed E-state index contributed by atoms with van der Waals surface area (Å²) in [7, 11) is 0. The van der Waals surface area contributed by atoms with Crippen molar-refractivity contribution in [1.82, 2.24) is 4.90 Å². The first-order valence-corrected chi connectivity index (χ1v) is 15.6. The van der Waals surface area contributed by atoms with E-state index in [1.807, 2.05) is 6.92 Å². The van der Waals surface area contributed by atoms with Crippen molar-refractivity contribution in [1.29, 1.82) is 0 Å². The van der Waals surface area contributed by atoms with Gasteiger partial charge in [-0.15, -0.1) is 0 Å². The van der Waals surface area contributed by atoms with Gasteiger partial charge in [0.05, 0.1) is 24.1 Å². The highest BCUT2D eigenvalue weighted by Gasteiger charge is 2.58. The lowest BCUT2D eigenvalue weighted by molar-refractivity contribution is -0.132. The molecule has 3 aliphatic carbocycles. The van der Waals surface area contributed by atoms with Crippen LogP contribution in [0.15, 0.2) is 41.4 Å². The van der Waals surface area contributed by atoms with Crippen molar-refractivity contribution in [2.75, 3.05) is 0 Å². The molecule has 1 amide bonds. The van der Waals surface area contributed by atoms with Gasteiger partial charge >= 0.3 is 0 Å². The van der Waals surface area contributed by atoms with Gasteiger partial charge in [0.15, 0.2) is 11.7 Å². The summed E-state index contributed by atoms with van der Waals surface area (Å²) in [5, 5.41) is 11.4. The first-order valence-electron chi connectivity index (χ1n) is 15.6. The summed E-state index contributed by atoms with van der Waals surface area (Å²) in [6.07, 6.45) is 6.64. The largest absolute Gasteiger partial charge is 0.392 e. The van der Waals surface area contributed by atoms with Gasteiger partial charge in [-0.25, -0.2) is 13.8 Å². The molecule has 3 heterocycles. The smallest absolute Gasteiger partial charge is 0.275 e. The van der Waals surface area contributed by atoms with Crippen molar-refractivity contribution in [2.24, 2.45) is 10.7 Å². The third kappa shape index (κ3) is 4.23. The summed E-state index contributed by atoms with van der Waals surface area (Å²) < 4.78 is 30.4. The second kappa shape index (κ2) is 9.69. The molecule has 42 heavy (non-hydrogen) atoms. The van der Waals surface area contributed by atoms with E-state index in [2.05, 4.69) is 18.2 Å². The number of hydrogen-bond acceptors (Lipinski definition) is 5. The Morgan fingerprint density at radius 2 is 1.79 bits per heavy atom. The SMILES string of the molecule is CC[C@@]12CCCCc3ccc4c(c3)C(CCCC(=O)c3ccc5c(c3)[C@@H](CC5(F)F)N(C(=O)C1)C(N)=N2)C(O)C41CC1. The summed E-state index contributed by atoms with van der Waals surface area (Å²) in [6.45, 7) is 1.99. The lowest BCUT2D eigenvalue weighted by Crippen LogP contribution is -2.52. The third-order valence-corrected chi connectivity index (χ3v) is 11.0. The van der Waals surface area contributed by atoms with E-state index in [4.69, 9.17) is 10.7 Å². The Labute approximate surface area is 245 Å². The Balaban J connectivity index is 1.26. The van der Waals surface area contributed by atoms with E-state index < -0.39 is 30.0 Å². The molecular formula is C34H39F2N3O3. The Bertz CT molecular complexity index is 1500. The summed E-state index contributed by atoms with van der Waals surface area (Å²) in [4.78, 5) is 33.0. The van der Waals surface area contributed by atoms with Crippen molar-refractivity contribution in [2.45, 2.75) is 119 Å². The number of hydrogen-bond donors (Lipinski definition) is 2. The number of Topliss-reactive ketones (excluding diaryl/α,β-unsaturated/α-hetero) is 1. The van der Waals surface area contributed by atoms with Crippen molar-refractivity contribution in [3.05, 3.63) is 69.8 Å². The maximum Gasteiger partial charge on any atom is 0.275 e. The molecule has 222 valence electrons. The van der Waals surface area contributed by atoms with Gasteiger partial charge in [0, 0.05) is 35.3 Å². The molecule has 6 bridgehead atoms. The summed E-state index contributed by atoms with van der Waals surface area (Å²) in [6, 6.07) is 10.1. The van der Waals surface area contributed by atoms with Gasteiger partial charge in [-0.1, -0.05) is 43.7 Å². The van der Waals surface area contributed by atoms with Gasteiger partial charge in [-0.2, -0.15) is 0 Å². The first-order chi connectivity index (χ1) is 20.1. The van der Waals surface area contributed by atoms with Gasteiger partial charge in [-0.05, 0) is 79.7 Å². The van der Waals surface area contributed by atoms with E-state index >= 15 is 8.78 Å². The number of carbonyl (C=O) groups is 2. The topological polar surface area (TPSA) is 96.0 Å². The number of halogens is 2. The number of ketones is 1. The Morgan fingerprint density at radius 1 is 1.00 bits per heavy atom. The number of aliphatic hydroxyl groups excluding tert-OH is 1. The van der Waals surface area contributed by atoms with Crippen LogP contribution >= 0.6 is 0 Å². The average molecular weight is 576 g/mol. The molecule has 6 aliphatic rings. The van der Waals surface area contributed by atoms with Crippen molar-refractivity contribution in [3.8, 4) is 0 Å². The highest BCUT2D eigenvalue weighted by Crippen LogP contribution is 2.61. The highest BCUT2D eigenvalue weighted by molar-refractivity contribution is 6.00. The maximum atomic E-state index is 15.2. The molecule has 0 radical (unpaired) electrons. The molecule has 2 aromatic rings. The van der Waals surface area contributed by atoms with Gasteiger partial charge < -0.3 is 10.8 Å². The number of nitrogens with two attached hydrogens (primary N) is 1. The zero-order valence-electron chi connectivity index (χ0n) is 24.2. The van der Waals surface area contributed by atoms with Crippen LogP contribution in [0.25, 0.3) is 0 Å². The second-order valence-corrected chi connectivity index (χ2v) is 13.4. The third-order valence-electron chi connectivity index (χ3n) is 11.0. The molecule has 3 N–H and O–H groups in total. The number of fused-ring (bicyclic) bond motifs is 8. The molecule has 1 fully saturated rings. The molecule has 8 heteroatoms. The number of nitrogens with zero attached hydrogens (tertiary/aromatic N) is 2. The molecule has 0 aromatic heterocycles. The quantitative estimate of drug-likeness (QED) is 0.424. The number of aliphatic imine (C=N–C) groups is 1. The maximum absolute atomic E-state index is 15.2. The Kier molecular flexibility index (Phi) is 6.39. The van der Waals surface area contributed by atoms with E-state index in [9.17, 15) is 14.7 Å². The molecule has 2 unspecified atom stereocenters. The summed E-state index contributed by atoms with van der Waals surface area (Å²) in [5.41, 5.74) is 9.84. The van der Waals surface area contributed by atoms with Crippen molar-refractivity contribution >= 4 is 17.6 Å². The number of alkyl halides is 2. The van der Waals surface area contributed by atoms with Crippen molar-refractivity contribution in [3.63, 3.8) is 0 Å². The minimum absolute atomic E-state index is 0.000779. The van der Waals surface area contributed by atoms with E-state index in [1.165, 1.54) is 39.8 Å². The van der Waals surface area contributed by atoms with Crippen LogP contribution in [0.5, 0.6) is 0 Å². The van der Waals surface area contributed by atoms with Crippen LogP contribution in [0.4, 0.5) is 8.78 Å². The van der Waals surface area contributed by atoms with Gasteiger partial charge in [0.1, 0.15) is 0 Å². The number of guanidine groups is 1. The fraction of sp³-hybridized carbons (Fsp3) is 0.559. The molecule has 6 nitrogen and oxygen atoms in total. The number of rotatable bonds is 1. The first kappa shape index (κ1) is 27.7. The standard InChI is InChI=1S/C34H39F2N3O3/c1-2-32-13-4-3-6-20-9-11-25-23(16-20)22(30(42)33(25)14-15-33)7-5-8-28(40)21-10-12-26-24(17-21)27(18-34(26,35)36)39(29(41)19-32)31(37)38-32/h9-12,16-17,22,27,30,42H,2-8,13-15,18-19H2,1H3,(H2,37,38)/t22?,27-,30?,32-/m1/s1. The molecule has 1 spiro atoms. The molecule has 0 saturated heterocycles. The number of amides is 1. The second-order valence-electron chi connectivity index (χ2n) is 13.4. The minimum atomic E-state index is -3.14. The van der Waals surface area contributed by atoms with E-state index in [0.29, 0.717) is 31.2 Å². The van der Waals surface area contributed by atoms with E-state index in [-0.39, 0.29) is 53.0 Å². The predicted octanol–water partition coefficient (Wildman–Crippen LogP) is 6.19. The van der Waals surface area contributed by atoms with Crippen LogP contribution in [-0.4, -0.2) is 39.3 Å². The van der Waals surface area contributed by atoms with Crippen molar-refractivity contribution < 1.29 is 23.5 Å². The molecule has 8 rings (SSSR count). The minimum Gasteiger partial charge on any atom is -0.392 e. The number of aliphatic hydroxyl groups is 1. The molecule has 1 saturated carbocycles. The van der Waals surface area contributed by atoms with Gasteiger partial charge in [-0.3, -0.25) is 14.5 Å². The van der Waals surface area contributed by atoms with Crippen LogP contribution in [0, 0.1) is 0 Å². The zero-order valence-corrected chi connectivity index (χ0v) is 24.2. The van der Waals surface area contributed by atoms with Crippen LogP contribution in [-0.2, 0) is 22.6 Å². The Hall–Kier alpha value is -3.13. The van der Waals surface area contributed by atoms with Crippen LogP contribution in [0.1, 0.15) is 128 Å². The average Bonchev–Trinajstić information content (AvgIpc) is 3.68. The zero-order chi connectivity index (χ0) is 29.4. The summed E-state index contributed by atoms with van der Waals surface area (Å²) >= 11 is 0. The number of aryl methyl sites for hydroxylation is 1. The summed E-state index contributed by atoms with van der Waals surface area (Å²) in [5.74, 6) is -3.56. The number of benzene rings is 2. The fourth-order valence-electron chi connectivity index (χ4n) is 8.39. The van der Waals surface area contributed by atoms with E-state index in [1.54, 1.807) is 0 Å². The number of carbonyl (C=O) groups excluding carboxylic acids is 2. The lowest BCUT2D eigenvalue weighted by atomic mass is 9.84. The fourth-order valence-corrected chi connectivity index (χ4v) is 8.39. The highest BCUT2D eigenvalue weighted by atomic mass is 19.3.